The second-order valence-corrected chi connectivity index (χ2v) is 2.44. The van der Waals surface area contributed by atoms with E-state index >= 15 is 0 Å². The SMILES string of the molecule is CCc1cn(I)nn1. The highest BCUT2D eigenvalue weighted by molar-refractivity contribution is 14.1. The highest BCUT2D eigenvalue weighted by Gasteiger charge is 1.91. The van der Waals surface area contributed by atoms with Crippen LogP contribution in [0.15, 0.2) is 6.20 Å². The Kier molecular flexibility index (Phi) is 1.82. The molecular formula is C4H6IN3. The maximum Gasteiger partial charge on any atom is 0.0863 e. The molecular weight excluding hydrogens is 217 g/mol. The Balaban J connectivity index is 2.84. The molecule has 0 aromatic carbocycles. The Labute approximate surface area is 61.6 Å². The fourth-order valence-corrected chi connectivity index (χ4v) is 0.855. The smallest absolute Gasteiger partial charge is 0.0863 e. The molecule has 0 aliphatic carbocycles. The predicted molar refractivity (Wildman–Crippen MR) is 38.8 cm³/mol. The van der Waals surface area contributed by atoms with Crippen molar-refractivity contribution in [1.29, 1.82) is 0 Å². The summed E-state index contributed by atoms with van der Waals surface area (Å²) in [5.74, 6) is 0. The van der Waals surface area contributed by atoms with Crippen molar-refractivity contribution < 1.29 is 0 Å². The Morgan fingerprint density at radius 3 is 2.88 bits per heavy atom. The Hall–Kier alpha value is -0.130. The molecule has 0 radical (unpaired) electrons. The van der Waals surface area contributed by atoms with E-state index in [2.05, 4.69) is 40.1 Å². The highest BCUT2D eigenvalue weighted by atomic mass is 127. The van der Waals surface area contributed by atoms with Crippen LogP contribution in [0.5, 0.6) is 0 Å². The lowest BCUT2D eigenvalue weighted by Crippen LogP contribution is -1.77. The van der Waals surface area contributed by atoms with Gasteiger partial charge in [-0.15, -0.1) is 5.10 Å². The molecule has 4 heteroatoms. The largest absolute Gasteiger partial charge is 0.191 e. The van der Waals surface area contributed by atoms with Crippen molar-refractivity contribution in [2.75, 3.05) is 0 Å². The van der Waals surface area contributed by atoms with Crippen molar-refractivity contribution in [3.8, 4) is 0 Å². The van der Waals surface area contributed by atoms with Gasteiger partial charge in [0.05, 0.1) is 34.8 Å². The van der Waals surface area contributed by atoms with Crippen LogP contribution in [0, 0.1) is 0 Å². The van der Waals surface area contributed by atoms with Gasteiger partial charge in [0.1, 0.15) is 0 Å². The third-order valence-corrected chi connectivity index (χ3v) is 1.35. The van der Waals surface area contributed by atoms with E-state index in [1.165, 1.54) is 0 Å². The zero-order valence-corrected chi connectivity index (χ0v) is 6.66. The van der Waals surface area contributed by atoms with Crippen LogP contribution in [0.4, 0.5) is 0 Å². The van der Waals surface area contributed by atoms with Crippen LogP contribution in [-0.4, -0.2) is 13.2 Å². The molecule has 0 fully saturated rings. The van der Waals surface area contributed by atoms with E-state index in [1.54, 1.807) is 2.90 Å². The molecule has 0 aliphatic rings. The summed E-state index contributed by atoms with van der Waals surface area (Å²) in [7, 11) is 0. The molecule has 0 spiro atoms. The van der Waals surface area contributed by atoms with Gasteiger partial charge in [0.25, 0.3) is 0 Å². The summed E-state index contributed by atoms with van der Waals surface area (Å²) < 4.78 is 1.68. The Morgan fingerprint density at radius 1 is 1.88 bits per heavy atom. The average molecular weight is 223 g/mol. The van der Waals surface area contributed by atoms with Crippen molar-refractivity contribution in [3.63, 3.8) is 0 Å². The highest BCUT2D eigenvalue weighted by Crippen LogP contribution is 1.95. The van der Waals surface area contributed by atoms with E-state index in [4.69, 9.17) is 0 Å². The van der Waals surface area contributed by atoms with E-state index < -0.39 is 0 Å². The van der Waals surface area contributed by atoms with Crippen molar-refractivity contribution in [2.24, 2.45) is 0 Å². The molecule has 0 atom stereocenters. The summed E-state index contributed by atoms with van der Waals surface area (Å²) in [6.45, 7) is 2.06. The number of aryl methyl sites for hydroxylation is 1. The van der Waals surface area contributed by atoms with Gasteiger partial charge in [-0.1, -0.05) is 12.1 Å². The predicted octanol–water partition coefficient (Wildman–Crippen LogP) is 1.04. The van der Waals surface area contributed by atoms with Gasteiger partial charge in [0.15, 0.2) is 0 Å². The lowest BCUT2D eigenvalue weighted by Gasteiger charge is -1.76. The van der Waals surface area contributed by atoms with Crippen LogP contribution in [0.1, 0.15) is 12.6 Å². The fourth-order valence-electron chi connectivity index (χ4n) is 0.437. The Morgan fingerprint density at radius 2 is 2.62 bits per heavy atom. The lowest BCUT2D eigenvalue weighted by atomic mass is 10.4. The maximum atomic E-state index is 3.84. The van der Waals surface area contributed by atoms with E-state index in [0.29, 0.717) is 0 Å². The van der Waals surface area contributed by atoms with Gasteiger partial charge in [-0.25, -0.2) is 0 Å². The van der Waals surface area contributed by atoms with E-state index in [1.807, 2.05) is 6.20 Å². The first-order chi connectivity index (χ1) is 3.83. The molecule has 1 rings (SSSR count). The summed E-state index contributed by atoms with van der Waals surface area (Å²) in [6, 6.07) is 0. The minimum Gasteiger partial charge on any atom is -0.191 e. The van der Waals surface area contributed by atoms with Crippen molar-refractivity contribution in [1.82, 2.24) is 13.2 Å². The number of aromatic nitrogens is 3. The van der Waals surface area contributed by atoms with Gasteiger partial charge < -0.3 is 0 Å². The summed E-state index contributed by atoms with van der Waals surface area (Å²) in [6.07, 6.45) is 2.86. The van der Waals surface area contributed by atoms with Crippen molar-refractivity contribution >= 4 is 22.9 Å². The summed E-state index contributed by atoms with van der Waals surface area (Å²) in [4.78, 5) is 0. The molecule has 1 heterocycles. The second kappa shape index (κ2) is 2.43. The van der Waals surface area contributed by atoms with Crippen molar-refractivity contribution in [2.45, 2.75) is 13.3 Å². The first kappa shape index (κ1) is 6.00. The van der Waals surface area contributed by atoms with Gasteiger partial charge in [-0.3, -0.25) is 0 Å². The van der Waals surface area contributed by atoms with E-state index in [0.717, 1.165) is 12.1 Å². The molecule has 8 heavy (non-hydrogen) atoms. The topological polar surface area (TPSA) is 30.7 Å². The molecule has 0 unspecified atom stereocenters. The zero-order chi connectivity index (χ0) is 5.98. The first-order valence-corrected chi connectivity index (χ1v) is 3.37. The first-order valence-electron chi connectivity index (χ1n) is 2.40. The van der Waals surface area contributed by atoms with E-state index in [-0.39, 0.29) is 0 Å². The number of halogens is 1. The van der Waals surface area contributed by atoms with E-state index in [9.17, 15) is 0 Å². The maximum absolute atomic E-state index is 3.84. The molecule has 0 saturated heterocycles. The molecule has 0 N–H and O–H groups in total. The van der Waals surface area contributed by atoms with Gasteiger partial charge >= 0.3 is 0 Å². The molecule has 0 amide bonds. The third-order valence-electron chi connectivity index (χ3n) is 0.876. The van der Waals surface area contributed by atoms with Gasteiger partial charge in [0.2, 0.25) is 0 Å². The average Bonchev–Trinajstić information content (AvgIpc) is 2.14. The number of rotatable bonds is 1. The van der Waals surface area contributed by atoms with Crippen LogP contribution >= 0.6 is 22.9 Å². The van der Waals surface area contributed by atoms with Crippen LogP contribution in [0.2, 0.25) is 0 Å². The number of hydrogen-bond donors (Lipinski definition) is 0. The van der Waals surface area contributed by atoms with Crippen LogP contribution < -0.4 is 0 Å². The fraction of sp³-hybridized carbons (Fsp3) is 0.500. The third kappa shape index (κ3) is 1.18. The molecule has 3 nitrogen and oxygen atoms in total. The van der Waals surface area contributed by atoms with Crippen LogP contribution in [0.25, 0.3) is 0 Å². The summed E-state index contributed by atoms with van der Waals surface area (Å²) >= 11 is 2.07. The van der Waals surface area contributed by atoms with Gasteiger partial charge in [-0.05, 0) is 6.42 Å². The minimum atomic E-state index is 0.961. The van der Waals surface area contributed by atoms with Crippen LogP contribution in [-0.2, 0) is 6.42 Å². The second-order valence-electron chi connectivity index (χ2n) is 1.45. The number of nitrogens with zero attached hydrogens (tertiary/aromatic N) is 3. The summed E-state index contributed by atoms with van der Waals surface area (Å²) in [5, 5.41) is 7.58. The van der Waals surface area contributed by atoms with Crippen molar-refractivity contribution in [3.05, 3.63) is 11.9 Å². The van der Waals surface area contributed by atoms with Gasteiger partial charge in [-0.2, -0.15) is 2.90 Å². The molecule has 44 valence electrons. The Bertz CT molecular complexity index is 172. The quantitative estimate of drug-likeness (QED) is 0.666. The van der Waals surface area contributed by atoms with Crippen LogP contribution in [0.3, 0.4) is 0 Å². The molecule has 1 aromatic rings. The van der Waals surface area contributed by atoms with Gasteiger partial charge in [0, 0.05) is 0 Å². The lowest BCUT2D eigenvalue weighted by molar-refractivity contribution is 0.894. The normalized spacial score (nSPS) is 9.75. The monoisotopic (exact) mass is 223 g/mol. The summed E-state index contributed by atoms with van der Waals surface area (Å²) in [5.41, 5.74) is 1.04. The number of hydrogen-bond acceptors (Lipinski definition) is 2. The molecule has 0 bridgehead atoms. The molecule has 1 aromatic heterocycles. The molecule has 0 saturated carbocycles. The zero-order valence-electron chi connectivity index (χ0n) is 4.50. The molecule has 0 aliphatic heterocycles. The minimum absolute atomic E-state index is 0.961. The standard InChI is InChI=1S/C4H6IN3/c1-2-4-3-8(5)7-6-4/h3H,2H2,1H3.